The molecule has 0 heteroatoms. The normalized spacial score (nSPS) is 12.4. The summed E-state index contributed by atoms with van der Waals surface area (Å²) in [5, 5.41) is 0. The summed E-state index contributed by atoms with van der Waals surface area (Å²) >= 11 is 0. The van der Waals surface area contributed by atoms with Crippen LogP contribution in [0.25, 0.3) is 0 Å². The first-order chi connectivity index (χ1) is 20.8. The van der Waals surface area contributed by atoms with Gasteiger partial charge in [-0.1, -0.05) is 265 Å². The van der Waals surface area contributed by atoms with E-state index in [2.05, 4.69) is 20.8 Å². The zero-order chi connectivity index (χ0) is 30.4. The van der Waals surface area contributed by atoms with E-state index in [1.807, 2.05) is 0 Å². The molecule has 0 aliphatic rings. The first-order valence-electron chi connectivity index (χ1n) is 20.8. The predicted molar refractivity (Wildman–Crippen MR) is 196 cm³/mol. The third-order valence-electron chi connectivity index (χ3n) is 10.1. The van der Waals surface area contributed by atoms with Crippen LogP contribution in [0.1, 0.15) is 265 Å². The lowest BCUT2D eigenvalue weighted by Gasteiger charge is -2.11. The van der Waals surface area contributed by atoms with Crippen molar-refractivity contribution in [1.82, 2.24) is 0 Å². The molecule has 0 radical (unpaired) electrons. The van der Waals surface area contributed by atoms with Gasteiger partial charge in [-0.25, -0.2) is 0 Å². The summed E-state index contributed by atoms with van der Waals surface area (Å²) in [6, 6.07) is 0. The highest BCUT2D eigenvalue weighted by atomic mass is 14.1. The van der Waals surface area contributed by atoms with E-state index in [0.29, 0.717) is 0 Å². The standard InChI is InChI=1S/C42H86/c1-4-6-8-10-12-14-16-18-19-20-21-22-23-24-25-26-27-28-29-31-33-35-37-39-41-42(3)40-38-36-34-32-30-17-15-13-11-9-7-5-2/h42H,4-41H2,1-3H3. The quantitative estimate of drug-likeness (QED) is 0.0627. The van der Waals surface area contributed by atoms with E-state index in [-0.39, 0.29) is 0 Å². The van der Waals surface area contributed by atoms with Crippen LogP contribution in [-0.2, 0) is 0 Å². The van der Waals surface area contributed by atoms with E-state index in [1.54, 1.807) is 0 Å². The molecular weight excluding hydrogens is 504 g/mol. The summed E-state index contributed by atoms with van der Waals surface area (Å²) in [7, 11) is 0. The van der Waals surface area contributed by atoms with Gasteiger partial charge >= 0.3 is 0 Å². The third-order valence-corrected chi connectivity index (χ3v) is 10.1. The fourth-order valence-electron chi connectivity index (χ4n) is 6.93. The molecule has 0 saturated carbocycles. The fraction of sp³-hybridized carbons (Fsp3) is 1.00. The minimum Gasteiger partial charge on any atom is -0.0654 e. The van der Waals surface area contributed by atoms with Crippen molar-refractivity contribution in [3.63, 3.8) is 0 Å². The second-order valence-corrected chi connectivity index (χ2v) is 14.7. The monoisotopic (exact) mass is 591 g/mol. The molecule has 0 heterocycles. The average molecular weight is 591 g/mol. The zero-order valence-corrected chi connectivity index (χ0v) is 30.4. The lowest BCUT2D eigenvalue weighted by atomic mass is 9.95. The van der Waals surface area contributed by atoms with Crippen LogP contribution >= 0.6 is 0 Å². The van der Waals surface area contributed by atoms with E-state index in [4.69, 9.17) is 0 Å². The molecule has 42 heavy (non-hydrogen) atoms. The van der Waals surface area contributed by atoms with Gasteiger partial charge in [-0.3, -0.25) is 0 Å². The van der Waals surface area contributed by atoms with Crippen LogP contribution in [-0.4, -0.2) is 0 Å². The Morgan fingerprint density at radius 1 is 0.214 bits per heavy atom. The molecule has 254 valence electrons. The van der Waals surface area contributed by atoms with E-state index in [9.17, 15) is 0 Å². The zero-order valence-electron chi connectivity index (χ0n) is 30.4. The van der Waals surface area contributed by atoms with Crippen LogP contribution < -0.4 is 0 Å². The van der Waals surface area contributed by atoms with Crippen LogP contribution in [0.2, 0.25) is 0 Å². The van der Waals surface area contributed by atoms with Gasteiger partial charge in [-0.15, -0.1) is 0 Å². The minimum atomic E-state index is 0.966. The first-order valence-corrected chi connectivity index (χ1v) is 20.8. The largest absolute Gasteiger partial charge is 0.0654 e. The van der Waals surface area contributed by atoms with Crippen LogP contribution in [0.15, 0.2) is 0 Å². The van der Waals surface area contributed by atoms with Crippen molar-refractivity contribution >= 4 is 0 Å². The maximum absolute atomic E-state index is 2.51. The van der Waals surface area contributed by atoms with Crippen LogP contribution in [0.5, 0.6) is 0 Å². The molecule has 1 unspecified atom stereocenters. The molecule has 0 nitrogen and oxygen atoms in total. The maximum Gasteiger partial charge on any atom is -0.0443 e. The number of rotatable bonds is 38. The van der Waals surface area contributed by atoms with Gasteiger partial charge in [0.1, 0.15) is 0 Å². The van der Waals surface area contributed by atoms with Gasteiger partial charge in [0.25, 0.3) is 0 Å². The van der Waals surface area contributed by atoms with Crippen molar-refractivity contribution in [2.45, 2.75) is 265 Å². The van der Waals surface area contributed by atoms with Crippen LogP contribution in [0.3, 0.4) is 0 Å². The minimum absolute atomic E-state index is 0.966. The average Bonchev–Trinajstić information content (AvgIpc) is 3.00. The van der Waals surface area contributed by atoms with Gasteiger partial charge in [-0.2, -0.15) is 0 Å². The van der Waals surface area contributed by atoms with Crippen molar-refractivity contribution < 1.29 is 0 Å². The summed E-state index contributed by atoms with van der Waals surface area (Å²) in [6.45, 7) is 7.13. The Bertz CT molecular complexity index is 439. The number of hydrogen-bond acceptors (Lipinski definition) is 0. The summed E-state index contributed by atoms with van der Waals surface area (Å²) in [4.78, 5) is 0. The lowest BCUT2D eigenvalue weighted by Crippen LogP contribution is -1.95. The van der Waals surface area contributed by atoms with Crippen molar-refractivity contribution in [1.29, 1.82) is 0 Å². The Hall–Kier alpha value is 0. The summed E-state index contributed by atoms with van der Waals surface area (Å²) < 4.78 is 0. The highest BCUT2D eigenvalue weighted by Crippen LogP contribution is 2.20. The van der Waals surface area contributed by atoms with Gasteiger partial charge in [0.05, 0.1) is 0 Å². The number of hydrogen-bond donors (Lipinski definition) is 0. The molecule has 1 atom stereocenters. The highest BCUT2D eigenvalue weighted by molar-refractivity contribution is 4.57. The predicted octanol–water partition coefficient (Wildman–Crippen LogP) is 16.5. The van der Waals surface area contributed by atoms with Crippen molar-refractivity contribution in [3.8, 4) is 0 Å². The first kappa shape index (κ1) is 42.0. The van der Waals surface area contributed by atoms with Gasteiger partial charge in [-0.05, 0) is 5.92 Å². The van der Waals surface area contributed by atoms with Crippen LogP contribution in [0.4, 0.5) is 0 Å². The molecule has 0 saturated heterocycles. The van der Waals surface area contributed by atoms with Crippen molar-refractivity contribution in [2.75, 3.05) is 0 Å². The smallest absolute Gasteiger partial charge is 0.0443 e. The summed E-state index contributed by atoms with van der Waals surface area (Å²) in [6.07, 6.45) is 56.2. The Morgan fingerprint density at radius 3 is 0.524 bits per heavy atom. The van der Waals surface area contributed by atoms with E-state index < -0.39 is 0 Å². The topological polar surface area (TPSA) is 0 Å². The van der Waals surface area contributed by atoms with Gasteiger partial charge in [0.15, 0.2) is 0 Å². The molecule has 0 aromatic rings. The van der Waals surface area contributed by atoms with Gasteiger partial charge in [0, 0.05) is 0 Å². The SMILES string of the molecule is CCCCCCCCCCCCCCCCCCCCCCCCCCC(C)CCCCCCCCCCCCCC. The maximum atomic E-state index is 2.51. The third kappa shape index (κ3) is 38.0. The van der Waals surface area contributed by atoms with Crippen LogP contribution in [0, 0.1) is 5.92 Å². The Morgan fingerprint density at radius 2 is 0.357 bits per heavy atom. The molecule has 0 spiro atoms. The second-order valence-electron chi connectivity index (χ2n) is 14.7. The Balaban J connectivity index is 3.12. The molecular formula is C42H86. The second kappa shape index (κ2) is 39.0. The Kier molecular flexibility index (Phi) is 39.0. The van der Waals surface area contributed by atoms with E-state index in [0.717, 1.165) is 5.92 Å². The molecule has 0 N–H and O–H groups in total. The molecule has 0 amide bonds. The van der Waals surface area contributed by atoms with Gasteiger partial charge < -0.3 is 0 Å². The molecule has 0 aromatic carbocycles. The van der Waals surface area contributed by atoms with Gasteiger partial charge in [0.2, 0.25) is 0 Å². The summed E-state index contributed by atoms with van der Waals surface area (Å²) in [5.74, 6) is 0.966. The van der Waals surface area contributed by atoms with E-state index in [1.165, 1.54) is 244 Å². The molecule has 0 fully saturated rings. The van der Waals surface area contributed by atoms with E-state index >= 15 is 0 Å². The molecule has 0 aliphatic heterocycles. The lowest BCUT2D eigenvalue weighted by molar-refractivity contribution is 0.429. The molecule has 0 aromatic heterocycles. The fourth-order valence-corrected chi connectivity index (χ4v) is 6.93. The highest BCUT2D eigenvalue weighted by Gasteiger charge is 2.02. The van der Waals surface area contributed by atoms with Crippen molar-refractivity contribution in [2.24, 2.45) is 5.92 Å². The number of unbranched alkanes of at least 4 members (excludes halogenated alkanes) is 34. The van der Waals surface area contributed by atoms with Crippen molar-refractivity contribution in [3.05, 3.63) is 0 Å². The molecule has 0 aliphatic carbocycles. The Labute approximate surface area is 270 Å². The summed E-state index contributed by atoms with van der Waals surface area (Å²) in [5.41, 5.74) is 0. The molecule has 0 bridgehead atoms. The molecule has 0 rings (SSSR count).